The van der Waals surface area contributed by atoms with Gasteiger partial charge < -0.3 is 5.32 Å². The number of hydrogen-bond acceptors (Lipinski definition) is 3. The predicted octanol–water partition coefficient (Wildman–Crippen LogP) is -0.539. The van der Waals surface area contributed by atoms with Crippen LogP contribution in [0.1, 0.15) is 19.8 Å². The molecule has 0 unspecified atom stereocenters. The zero-order chi connectivity index (χ0) is 8.27. The van der Waals surface area contributed by atoms with Crippen molar-refractivity contribution in [2.75, 3.05) is 13.1 Å². The highest BCUT2D eigenvalue weighted by Crippen LogP contribution is 2.06. The van der Waals surface area contributed by atoms with Crippen molar-refractivity contribution in [3.8, 4) is 0 Å². The molecule has 0 aromatic heterocycles. The topological polar surface area (TPSA) is 58.4 Å². The highest BCUT2D eigenvalue weighted by molar-refractivity contribution is 5.73. The summed E-state index contributed by atoms with van der Waals surface area (Å²) in [6, 6.07) is 0.340. The summed E-state index contributed by atoms with van der Waals surface area (Å²) in [5, 5.41) is 4.67. The van der Waals surface area contributed by atoms with Crippen LogP contribution in [0.3, 0.4) is 0 Å². The van der Waals surface area contributed by atoms with E-state index in [1.165, 1.54) is 0 Å². The average molecular weight is 157 g/mol. The summed E-state index contributed by atoms with van der Waals surface area (Å²) < 4.78 is 0. The van der Waals surface area contributed by atoms with Crippen LogP contribution in [0.15, 0.2) is 0 Å². The van der Waals surface area contributed by atoms with Crippen molar-refractivity contribution in [2.24, 2.45) is 5.84 Å². The highest BCUT2D eigenvalue weighted by atomic mass is 16.1. The van der Waals surface area contributed by atoms with Crippen molar-refractivity contribution in [1.82, 2.24) is 10.3 Å². The number of nitrogens with one attached hydrogen (secondary N) is 1. The Bertz CT molecular complexity index is 141. The molecule has 0 atom stereocenters. The molecule has 4 nitrogen and oxygen atoms in total. The summed E-state index contributed by atoms with van der Waals surface area (Å²) >= 11 is 0. The second-order valence-corrected chi connectivity index (χ2v) is 3.01. The van der Waals surface area contributed by atoms with Gasteiger partial charge in [-0.1, -0.05) is 0 Å². The molecule has 0 aliphatic carbocycles. The Hall–Kier alpha value is -0.610. The quantitative estimate of drug-likeness (QED) is 0.503. The van der Waals surface area contributed by atoms with Crippen molar-refractivity contribution in [1.29, 1.82) is 0 Å². The summed E-state index contributed by atoms with van der Waals surface area (Å²) in [6.07, 6.45) is 1.94. The molecule has 0 aromatic carbocycles. The Balaban J connectivity index is 2.22. The van der Waals surface area contributed by atoms with Gasteiger partial charge in [-0.15, -0.1) is 0 Å². The summed E-state index contributed by atoms with van der Waals surface area (Å²) in [7, 11) is 0. The number of carbonyl (C=O) groups is 1. The van der Waals surface area contributed by atoms with Crippen LogP contribution in [0, 0.1) is 0 Å². The van der Waals surface area contributed by atoms with Gasteiger partial charge in [0.25, 0.3) is 0 Å². The number of carbonyl (C=O) groups excluding carboxylic acids is 1. The van der Waals surface area contributed by atoms with Gasteiger partial charge in [0.2, 0.25) is 5.91 Å². The van der Waals surface area contributed by atoms with Gasteiger partial charge in [-0.3, -0.25) is 10.6 Å². The summed E-state index contributed by atoms with van der Waals surface area (Å²) in [6.45, 7) is 3.31. The third-order valence-corrected chi connectivity index (χ3v) is 1.94. The molecule has 0 aromatic rings. The second-order valence-electron chi connectivity index (χ2n) is 3.01. The molecule has 1 fully saturated rings. The summed E-state index contributed by atoms with van der Waals surface area (Å²) in [5.41, 5.74) is 0. The molecule has 1 aliphatic rings. The number of hydrazine groups is 1. The Morgan fingerprint density at radius 1 is 1.55 bits per heavy atom. The van der Waals surface area contributed by atoms with Crippen molar-refractivity contribution in [2.45, 2.75) is 25.8 Å². The Labute approximate surface area is 66.7 Å². The number of piperidine rings is 1. The van der Waals surface area contributed by atoms with Gasteiger partial charge in [-0.05, 0) is 12.8 Å². The SMILES string of the molecule is CC(=O)NC1CCN(N)CC1. The van der Waals surface area contributed by atoms with E-state index in [2.05, 4.69) is 5.32 Å². The fourth-order valence-corrected chi connectivity index (χ4v) is 1.33. The normalized spacial score (nSPS) is 21.6. The third kappa shape index (κ3) is 2.86. The van der Waals surface area contributed by atoms with Gasteiger partial charge in [-0.25, -0.2) is 5.01 Å². The van der Waals surface area contributed by atoms with E-state index in [1.807, 2.05) is 0 Å². The molecule has 0 saturated carbocycles. The number of nitrogens with zero attached hydrogens (tertiary/aromatic N) is 1. The Kier molecular flexibility index (Phi) is 2.84. The van der Waals surface area contributed by atoms with Crippen LogP contribution in [0.2, 0.25) is 0 Å². The lowest BCUT2D eigenvalue weighted by atomic mass is 10.1. The lowest BCUT2D eigenvalue weighted by molar-refractivity contribution is -0.119. The van der Waals surface area contributed by atoms with E-state index >= 15 is 0 Å². The fraction of sp³-hybridized carbons (Fsp3) is 0.857. The minimum atomic E-state index is 0.0560. The first-order valence-corrected chi connectivity index (χ1v) is 3.95. The Morgan fingerprint density at radius 2 is 2.09 bits per heavy atom. The molecule has 1 rings (SSSR count). The largest absolute Gasteiger partial charge is 0.354 e. The molecule has 0 bridgehead atoms. The highest BCUT2D eigenvalue weighted by Gasteiger charge is 2.16. The zero-order valence-electron chi connectivity index (χ0n) is 6.84. The molecule has 4 heteroatoms. The molecule has 0 spiro atoms. The average Bonchev–Trinajstić information content (AvgIpc) is 1.93. The maximum Gasteiger partial charge on any atom is 0.217 e. The standard InChI is InChI=1S/C7H15N3O/c1-6(11)9-7-2-4-10(8)5-3-7/h7H,2-5,8H2,1H3,(H,9,11). The van der Waals surface area contributed by atoms with Crippen molar-refractivity contribution in [3.05, 3.63) is 0 Å². The van der Waals surface area contributed by atoms with E-state index in [0.717, 1.165) is 25.9 Å². The number of amides is 1. The number of nitrogens with two attached hydrogens (primary N) is 1. The summed E-state index contributed by atoms with van der Waals surface area (Å²) in [4.78, 5) is 10.6. The fourth-order valence-electron chi connectivity index (χ4n) is 1.33. The van der Waals surface area contributed by atoms with Gasteiger partial charge in [-0.2, -0.15) is 0 Å². The zero-order valence-corrected chi connectivity index (χ0v) is 6.84. The van der Waals surface area contributed by atoms with E-state index in [4.69, 9.17) is 5.84 Å². The predicted molar refractivity (Wildman–Crippen MR) is 42.6 cm³/mol. The molecular weight excluding hydrogens is 142 g/mol. The van der Waals surface area contributed by atoms with Crippen LogP contribution in [-0.2, 0) is 4.79 Å². The first-order valence-electron chi connectivity index (χ1n) is 3.95. The minimum absolute atomic E-state index is 0.0560. The summed E-state index contributed by atoms with van der Waals surface area (Å²) in [5.74, 6) is 5.60. The third-order valence-electron chi connectivity index (χ3n) is 1.94. The molecule has 1 saturated heterocycles. The smallest absolute Gasteiger partial charge is 0.217 e. The van der Waals surface area contributed by atoms with Gasteiger partial charge in [0.15, 0.2) is 0 Å². The van der Waals surface area contributed by atoms with E-state index in [1.54, 1.807) is 11.9 Å². The van der Waals surface area contributed by atoms with Crippen LogP contribution in [-0.4, -0.2) is 30.0 Å². The van der Waals surface area contributed by atoms with E-state index in [0.29, 0.717) is 6.04 Å². The molecule has 11 heavy (non-hydrogen) atoms. The molecule has 0 radical (unpaired) electrons. The molecule has 3 N–H and O–H groups in total. The lowest BCUT2D eigenvalue weighted by Crippen LogP contribution is -2.46. The maximum atomic E-state index is 10.6. The van der Waals surface area contributed by atoms with E-state index in [9.17, 15) is 4.79 Å². The Morgan fingerprint density at radius 3 is 2.55 bits per heavy atom. The molecule has 1 heterocycles. The van der Waals surface area contributed by atoms with Crippen LogP contribution in [0.25, 0.3) is 0 Å². The number of hydrogen-bond donors (Lipinski definition) is 2. The van der Waals surface area contributed by atoms with Crippen molar-refractivity contribution >= 4 is 5.91 Å². The van der Waals surface area contributed by atoms with Crippen LogP contribution < -0.4 is 11.2 Å². The van der Waals surface area contributed by atoms with Crippen LogP contribution >= 0.6 is 0 Å². The van der Waals surface area contributed by atoms with Crippen molar-refractivity contribution in [3.63, 3.8) is 0 Å². The van der Waals surface area contributed by atoms with Gasteiger partial charge in [0.05, 0.1) is 0 Å². The van der Waals surface area contributed by atoms with E-state index in [-0.39, 0.29) is 5.91 Å². The van der Waals surface area contributed by atoms with Gasteiger partial charge in [0, 0.05) is 26.1 Å². The first-order chi connectivity index (χ1) is 5.18. The maximum absolute atomic E-state index is 10.6. The lowest BCUT2D eigenvalue weighted by Gasteiger charge is -2.28. The van der Waals surface area contributed by atoms with Gasteiger partial charge in [0.1, 0.15) is 0 Å². The molecule has 64 valence electrons. The van der Waals surface area contributed by atoms with Gasteiger partial charge >= 0.3 is 0 Å². The first kappa shape index (κ1) is 8.49. The van der Waals surface area contributed by atoms with Crippen LogP contribution in [0.5, 0.6) is 0 Å². The monoisotopic (exact) mass is 157 g/mol. The van der Waals surface area contributed by atoms with Crippen LogP contribution in [0.4, 0.5) is 0 Å². The molecule has 1 amide bonds. The second kappa shape index (κ2) is 3.69. The number of rotatable bonds is 1. The molecular formula is C7H15N3O. The van der Waals surface area contributed by atoms with E-state index < -0.39 is 0 Å². The minimum Gasteiger partial charge on any atom is -0.354 e. The molecule has 1 aliphatic heterocycles. The van der Waals surface area contributed by atoms with Crippen molar-refractivity contribution < 1.29 is 4.79 Å².